The Kier molecular flexibility index (Phi) is 3.50. The summed E-state index contributed by atoms with van der Waals surface area (Å²) in [6.07, 6.45) is 4.91. The molecule has 94 valence electrons. The van der Waals surface area contributed by atoms with E-state index in [1.165, 1.54) is 0 Å². The summed E-state index contributed by atoms with van der Waals surface area (Å²) >= 11 is 0. The van der Waals surface area contributed by atoms with E-state index in [1.54, 1.807) is 0 Å². The van der Waals surface area contributed by atoms with Gasteiger partial charge < -0.3 is 5.11 Å². The van der Waals surface area contributed by atoms with Gasteiger partial charge in [-0.15, -0.1) is 0 Å². The molecule has 1 aliphatic carbocycles. The minimum atomic E-state index is -0.631. The number of nitrogens with zero attached hydrogens (tertiary/aromatic N) is 2. The average Bonchev–Trinajstić information content (AvgIpc) is 2.58. The third kappa shape index (κ3) is 2.68. The van der Waals surface area contributed by atoms with Gasteiger partial charge in [-0.3, -0.25) is 9.48 Å². The van der Waals surface area contributed by atoms with Gasteiger partial charge >= 0.3 is 5.97 Å². The maximum atomic E-state index is 11.2. The first-order chi connectivity index (χ1) is 8.08. The molecule has 0 aliphatic heterocycles. The lowest BCUT2D eigenvalue weighted by atomic mass is 9.77. The summed E-state index contributed by atoms with van der Waals surface area (Å²) in [5.74, 6) is -0.524. The van der Waals surface area contributed by atoms with Gasteiger partial charge in [0.1, 0.15) is 0 Å². The number of hydrogen-bond donors (Lipinski definition) is 1. The van der Waals surface area contributed by atoms with E-state index >= 15 is 0 Å². The van der Waals surface area contributed by atoms with Crippen LogP contribution < -0.4 is 0 Å². The van der Waals surface area contributed by atoms with Gasteiger partial charge in [0.25, 0.3) is 0 Å². The van der Waals surface area contributed by atoms with Crippen LogP contribution >= 0.6 is 0 Å². The molecular weight excluding hydrogens is 216 g/mol. The van der Waals surface area contributed by atoms with Crippen molar-refractivity contribution >= 4 is 5.97 Å². The van der Waals surface area contributed by atoms with Crippen molar-refractivity contribution in [2.75, 3.05) is 0 Å². The fourth-order valence-corrected chi connectivity index (χ4v) is 2.90. The topological polar surface area (TPSA) is 55.1 Å². The molecule has 0 spiro atoms. The monoisotopic (exact) mass is 236 g/mol. The fourth-order valence-electron chi connectivity index (χ4n) is 2.90. The zero-order valence-electron chi connectivity index (χ0n) is 10.5. The van der Waals surface area contributed by atoms with Gasteiger partial charge in [-0.1, -0.05) is 12.8 Å². The summed E-state index contributed by atoms with van der Waals surface area (Å²) in [5.41, 5.74) is 2.16. The molecular formula is C13H20N2O2. The maximum absolute atomic E-state index is 11.2. The largest absolute Gasteiger partial charge is 0.481 e. The van der Waals surface area contributed by atoms with E-state index in [0.29, 0.717) is 0 Å². The summed E-state index contributed by atoms with van der Waals surface area (Å²) in [7, 11) is 1.93. The molecule has 1 aromatic heterocycles. The van der Waals surface area contributed by atoms with Crippen LogP contribution in [0.5, 0.6) is 0 Å². The third-order valence-corrected chi connectivity index (χ3v) is 3.80. The van der Waals surface area contributed by atoms with Crippen LogP contribution in [0.1, 0.15) is 37.1 Å². The lowest BCUT2D eigenvalue weighted by molar-refractivity contribution is -0.144. The minimum absolute atomic E-state index is 0.168. The minimum Gasteiger partial charge on any atom is -0.481 e. The molecule has 1 heterocycles. The van der Waals surface area contributed by atoms with Gasteiger partial charge in [0, 0.05) is 12.7 Å². The van der Waals surface area contributed by atoms with Crippen LogP contribution in [-0.2, 0) is 18.3 Å². The summed E-state index contributed by atoms with van der Waals surface area (Å²) in [6, 6.07) is 2.06. The number of aromatic nitrogens is 2. The molecule has 4 nitrogen and oxygen atoms in total. The van der Waals surface area contributed by atoms with Crippen molar-refractivity contribution in [3.63, 3.8) is 0 Å². The zero-order valence-corrected chi connectivity index (χ0v) is 10.5. The van der Waals surface area contributed by atoms with Gasteiger partial charge in [-0.05, 0) is 38.2 Å². The van der Waals surface area contributed by atoms with Crippen LogP contribution in [0.25, 0.3) is 0 Å². The molecule has 1 aliphatic rings. The van der Waals surface area contributed by atoms with Gasteiger partial charge in [0.15, 0.2) is 0 Å². The van der Waals surface area contributed by atoms with Crippen LogP contribution in [0, 0.1) is 18.8 Å². The second-order valence-electron chi connectivity index (χ2n) is 5.09. The first kappa shape index (κ1) is 12.1. The standard InChI is InChI=1S/C13H20N2O2/c1-9-7-11(15(2)14-9)8-10-5-3-4-6-12(10)13(16)17/h7,10,12H,3-6,8H2,1-2H3,(H,16,17). The number of aliphatic carboxylic acids is 1. The first-order valence-corrected chi connectivity index (χ1v) is 6.30. The summed E-state index contributed by atoms with van der Waals surface area (Å²) < 4.78 is 1.88. The van der Waals surface area contributed by atoms with Crippen molar-refractivity contribution in [2.24, 2.45) is 18.9 Å². The van der Waals surface area contributed by atoms with Gasteiger partial charge in [-0.2, -0.15) is 5.10 Å². The second kappa shape index (κ2) is 4.90. The SMILES string of the molecule is Cc1cc(CC2CCCCC2C(=O)O)n(C)n1. The molecule has 1 N–H and O–H groups in total. The molecule has 0 radical (unpaired) electrons. The average molecular weight is 236 g/mol. The molecule has 2 unspecified atom stereocenters. The van der Waals surface area contributed by atoms with E-state index < -0.39 is 5.97 Å². The summed E-state index contributed by atoms with van der Waals surface area (Å²) in [6.45, 7) is 1.97. The second-order valence-corrected chi connectivity index (χ2v) is 5.09. The van der Waals surface area contributed by atoms with Crippen molar-refractivity contribution in [3.8, 4) is 0 Å². The fraction of sp³-hybridized carbons (Fsp3) is 0.692. The van der Waals surface area contributed by atoms with Crippen molar-refractivity contribution in [3.05, 3.63) is 17.5 Å². The highest BCUT2D eigenvalue weighted by Crippen LogP contribution is 2.32. The molecule has 1 saturated carbocycles. The predicted octanol–water partition coefficient (Wildman–Crippen LogP) is 2.16. The number of aryl methyl sites for hydroxylation is 2. The molecule has 17 heavy (non-hydrogen) atoms. The van der Waals surface area contributed by atoms with E-state index in [-0.39, 0.29) is 11.8 Å². The molecule has 0 bridgehead atoms. The van der Waals surface area contributed by atoms with Crippen molar-refractivity contribution in [2.45, 2.75) is 39.0 Å². The Morgan fingerprint density at radius 3 is 2.82 bits per heavy atom. The van der Waals surface area contributed by atoms with Crippen LogP contribution in [-0.4, -0.2) is 20.9 Å². The smallest absolute Gasteiger partial charge is 0.306 e. The van der Waals surface area contributed by atoms with E-state index in [4.69, 9.17) is 0 Å². The number of carbonyl (C=O) groups is 1. The molecule has 1 aromatic rings. The number of hydrogen-bond acceptors (Lipinski definition) is 2. The maximum Gasteiger partial charge on any atom is 0.306 e. The Morgan fingerprint density at radius 1 is 1.53 bits per heavy atom. The molecule has 2 atom stereocenters. The highest BCUT2D eigenvalue weighted by Gasteiger charge is 2.31. The number of carboxylic acid groups (broad SMARTS) is 1. The molecule has 0 saturated heterocycles. The molecule has 2 rings (SSSR count). The van der Waals surface area contributed by atoms with Crippen molar-refractivity contribution in [1.29, 1.82) is 0 Å². The van der Waals surface area contributed by atoms with Gasteiger partial charge in [0.05, 0.1) is 11.6 Å². The molecule has 1 fully saturated rings. The van der Waals surface area contributed by atoms with Crippen molar-refractivity contribution < 1.29 is 9.90 Å². The highest BCUT2D eigenvalue weighted by molar-refractivity contribution is 5.70. The lowest BCUT2D eigenvalue weighted by Gasteiger charge is -2.28. The number of rotatable bonds is 3. The number of carboxylic acids is 1. The molecule has 4 heteroatoms. The van der Waals surface area contributed by atoms with Gasteiger partial charge in [-0.25, -0.2) is 0 Å². The Labute approximate surface area is 102 Å². The summed E-state index contributed by atoms with van der Waals surface area (Å²) in [4.78, 5) is 11.2. The van der Waals surface area contributed by atoms with E-state index in [0.717, 1.165) is 43.5 Å². The predicted molar refractivity (Wildman–Crippen MR) is 64.7 cm³/mol. The Morgan fingerprint density at radius 2 is 2.24 bits per heavy atom. The van der Waals surface area contributed by atoms with Crippen LogP contribution in [0.4, 0.5) is 0 Å². The lowest BCUT2D eigenvalue weighted by Crippen LogP contribution is -2.28. The van der Waals surface area contributed by atoms with E-state index in [2.05, 4.69) is 11.2 Å². The normalized spacial score (nSPS) is 24.8. The van der Waals surface area contributed by atoms with Crippen molar-refractivity contribution in [1.82, 2.24) is 9.78 Å². The Balaban J connectivity index is 2.10. The Bertz CT molecular complexity index is 412. The van der Waals surface area contributed by atoms with E-state index in [1.807, 2.05) is 18.7 Å². The van der Waals surface area contributed by atoms with E-state index in [9.17, 15) is 9.90 Å². The highest BCUT2D eigenvalue weighted by atomic mass is 16.4. The van der Waals surface area contributed by atoms with Crippen LogP contribution in [0.3, 0.4) is 0 Å². The Hall–Kier alpha value is -1.32. The molecule has 0 aromatic carbocycles. The zero-order chi connectivity index (χ0) is 12.4. The third-order valence-electron chi connectivity index (χ3n) is 3.80. The quantitative estimate of drug-likeness (QED) is 0.875. The van der Waals surface area contributed by atoms with Gasteiger partial charge in [0.2, 0.25) is 0 Å². The summed E-state index contributed by atoms with van der Waals surface area (Å²) in [5, 5.41) is 13.6. The van der Waals surface area contributed by atoms with Crippen LogP contribution in [0.15, 0.2) is 6.07 Å². The van der Waals surface area contributed by atoms with Crippen LogP contribution in [0.2, 0.25) is 0 Å². The first-order valence-electron chi connectivity index (χ1n) is 6.30. The molecule has 0 amide bonds.